The van der Waals surface area contributed by atoms with Crippen LogP contribution in [0.3, 0.4) is 0 Å². The molecule has 0 aliphatic carbocycles. The van der Waals surface area contributed by atoms with Crippen molar-refractivity contribution in [2.45, 2.75) is 6.92 Å². The molecule has 0 atom stereocenters. The van der Waals surface area contributed by atoms with E-state index in [1.54, 1.807) is 13.0 Å². The van der Waals surface area contributed by atoms with E-state index >= 15 is 0 Å². The summed E-state index contributed by atoms with van der Waals surface area (Å²) in [4.78, 5) is 21.2. The Balaban J connectivity index is 2.42. The highest BCUT2D eigenvalue weighted by Crippen LogP contribution is 2.31. The number of hydrogen-bond donors (Lipinski definition) is 0. The number of hydrogen-bond acceptors (Lipinski definition) is 6. The van der Waals surface area contributed by atoms with Crippen molar-refractivity contribution >= 4 is 28.9 Å². The van der Waals surface area contributed by atoms with Crippen LogP contribution in [0, 0.1) is 17.0 Å². The summed E-state index contributed by atoms with van der Waals surface area (Å²) < 4.78 is 5.24. The maximum Gasteiger partial charge on any atom is 0.327 e. The summed E-state index contributed by atoms with van der Waals surface area (Å²) in [5.41, 5.74) is 0.574. The number of rotatable bonds is 3. The molecule has 98 valence electrons. The van der Waals surface area contributed by atoms with Gasteiger partial charge in [-0.05, 0) is 41.8 Å². The summed E-state index contributed by atoms with van der Waals surface area (Å²) in [6, 6.07) is 4.20. The van der Waals surface area contributed by atoms with E-state index in [1.807, 2.05) is 0 Å². The van der Waals surface area contributed by atoms with Crippen LogP contribution in [0.25, 0.3) is 0 Å². The molecule has 9 heteroatoms. The van der Waals surface area contributed by atoms with Gasteiger partial charge in [-0.2, -0.15) is 15.0 Å². The molecule has 1 aromatic carbocycles. The van der Waals surface area contributed by atoms with Crippen LogP contribution in [0.5, 0.6) is 11.8 Å². The van der Waals surface area contributed by atoms with Crippen molar-refractivity contribution in [3.05, 3.63) is 44.4 Å². The largest absolute Gasteiger partial charge is 0.417 e. The fourth-order valence-electron chi connectivity index (χ4n) is 1.31. The van der Waals surface area contributed by atoms with Crippen molar-refractivity contribution in [3.8, 4) is 11.8 Å². The summed E-state index contributed by atoms with van der Waals surface area (Å²) in [6.07, 6.45) is 0. The van der Waals surface area contributed by atoms with Gasteiger partial charge in [-0.25, -0.2) is 0 Å². The zero-order valence-electron chi connectivity index (χ0n) is 9.50. The van der Waals surface area contributed by atoms with Gasteiger partial charge in [0.15, 0.2) is 0 Å². The van der Waals surface area contributed by atoms with Gasteiger partial charge in [0, 0.05) is 6.07 Å². The molecule has 0 saturated carbocycles. The molecule has 0 aliphatic rings. The Morgan fingerprint density at radius 1 is 1.21 bits per heavy atom. The lowest BCUT2D eigenvalue weighted by molar-refractivity contribution is -0.385. The monoisotopic (exact) mass is 300 g/mol. The van der Waals surface area contributed by atoms with Gasteiger partial charge in [-0.15, -0.1) is 0 Å². The predicted octanol–water partition coefficient (Wildman–Crippen LogP) is 3.19. The average Bonchev–Trinajstić information content (AvgIpc) is 2.26. The second-order valence-electron chi connectivity index (χ2n) is 3.49. The molecule has 0 radical (unpaired) electrons. The first-order chi connectivity index (χ1) is 8.95. The maximum atomic E-state index is 10.9. The van der Waals surface area contributed by atoms with Crippen LogP contribution in [0.15, 0.2) is 18.2 Å². The number of aromatic nitrogens is 3. The third kappa shape index (κ3) is 3.27. The van der Waals surface area contributed by atoms with E-state index in [0.29, 0.717) is 0 Å². The van der Waals surface area contributed by atoms with Gasteiger partial charge in [-0.1, -0.05) is 6.07 Å². The third-order valence-corrected chi connectivity index (χ3v) is 2.41. The Morgan fingerprint density at radius 3 is 2.42 bits per heavy atom. The Hall–Kier alpha value is -1.99. The van der Waals surface area contributed by atoms with Crippen LogP contribution >= 0.6 is 23.2 Å². The minimum Gasteiger partial charge on any atom is -0.417 e. The lowest BCUT2D eigenvalue weighted by Crippen LogP contribution is -1.98. The van der Waals surface area contributed by atoms with Crippen LogP contribution in [0.4, 0.5) is 5.69 Å². The first-order valence-electron chi connectivity index (χ1n) is 4.95. The number of nitro benzene ring substituents is 1. The zero-order chi connectivity index (χ0) is 14.0. The highest BCUT2D eigenvalue weighted by Gasteiger charge is 2.17. The molecule has 1 heterocycles. The van der Waals surface area contributed by atoms with Crippen molar-refractivity contribution in [3.63, 3.8) is 0 Å². The Labute approximate surface area is 117 Å². The number of benzene rings is 1. The van der Waals surface area contributed by atoms with E-state index in [2.05, 4.69) is 15.0 Å². The molecule has 2 rings (SSSR count). The second-order valence-corrected chi connectivity index (χ2v) is 4.16. The second kappa shape index (κ2) is 5.33. The van der Waals surface area contributed by atoms with Crippen LogP contribution < -0.4 is 4.74 Å². The Bertz CT molecular complexity index is 630. The molecule has 0 N–H and O–H groups in total. The van der Waals surface area contributed by atoms with Crippen LogP contribution in [0.1, 0.15) is 5.56 Å². The number of halogens is 2. The van der Waals surface area contributed by atoms with Crippen molar-refractivity contribution in [2.75, 3.05) is 0 Å². The number of nitro groups is 1. The van der Waals surface area contributed by atoms with Crippen LogP contribution in [0.2, 0.25) is 10.6 Å². The number of aryl methyl sites for hydroxylation is 1. The predicted molar refractivity (Wildman–Crippen MR) is 67.8 cm³/mol. The molecule has 7 nitrogen and oxygen atoms in total. The molecule has 0 spiro atoms. The highest BCUT2D eigenvalue weighted by atomic mass is 35.5. The minimum absolute atomic E-state index is 0.00309. The third-order valence-electron chi connectivity index (χ3n) is 2.07. The lowest BCUT2D eigenvalue weighted by atomic mass is 10.2. The first kappa shape index (κ1) is 13.4. The van der Waals surface area contributed by atoms with Crippen molar-refractivity contribution in [2.24, 2.45) is 0 Å². The van der Waals surface area contributed by atoms with Gasteiger partial charge < -0.3 is 4.74 Å². The van der Waals surface area contributed by atoms with Gasteiger partial charge in [0.1, 0.15) is 0 Å². The maximum absolute atomic E-state index is 10.9. The van der Waals surface area contributed by atoms with Gasteiger partial charge >= 0.3 is 11.7 Å². The van der Waals surface area contributed by atoms with E-state index in [1.165, 1.54) is 12.1 Å². The number of nitrogens with zero attached hydrogens (tertiary/aromatic N) is 4. The van der Waals surface area contributed by atoms with Gasteiger partial charge in [0.25, 0.3) is 0 Å². The van der Waals surface area contributed by atoms with Crippen molar-refractivity contribution < 1.29 is 9.66 Å². The van der Waals surface area contributed by atoms with E-state index in [9.17, 15) is 10.1 Å². The standard InChI is InChI=1S/C10H6Cl2N4O3/c1-5-2-3-6(16(17)18)7(4-5)19-10-14-8(11)13-9(12)15-10/h2-4H,1H3. The summed E-state index contributed by atoms with van der Waals surface area (Å²) in [5, 5.41) is 10.6. The van der Waals surface area contributed by atoms with E-state index in [-0.39, 0.29) is 28.0 Å². The molecule has 0 amide bonds. The van der Waals surface area contributed by atoms with E-state index in [4.69, 9.17) is 27.9 Å². The molecule has 0 aliphatic heterocycles. The topological polar surface area (TPSA) is 91.0 Å². The summed E-state index contributed by atoms with van der Waals surface area (Å²) >= 11 is 11.2. The van der Waals surface area contributed by atoms with Gasteiger partial charge in [0.05, 0.1) is 4.92 Å². The molecular weight excluding hydrogens is 295 g/mol. The van der Waals surface area contributed by atoms with Crippen molar-refractivity contribution in [1.82, 2.24) is 15.0 Å². The van der Waals surface area contributed by atoms with Gasteiger partial charge in [0.2, 0.25) is 16.3 Å². The minimum atomic E-state index is -0.570. The molecule has 0 fully saturated rings. The molecular formula is C10H6Cl2N4O3. The summed E-state index contributed by atoms with van der Waals surface area (Å²) in [6.45, 7) is 1.77. The fourth-order valence-corrected chi connectivity index (χ4v) is 1.65. The van der Waals surface area contributed by atoms with Crippen LogP contribution in [-0.2, 0) is 0 Å². The molecule has 0 bridgehead atoms. The molecule has 19 heavy (non-hydrogen) atoms. The molecule has 0 saturated heterocycles. The summed E-state index contributed by atoms with van der Waals surface area (Å²) in [7, 11) is 0. The van der Waals surface area contributed by atoms with E-state index in [0.717, 1.165) is 5.56 Å². The molecule has 2 aromatic rings. The quantitative estimate of drug-likeness (QED) is 0.638. The van der Waals surface area contributed by atoms with Gasteiger partial charge in [-0.3, -0.25) is 10.1 Å². The number of ether oxygens (including phenoxy) is 1. The fraction of sp³-hybridized carbons (Fsp3) is 0.100. The SMILES string of the molecule is Cc1ccc([N+](=O)[O-])c(Oc2nc(Cl)nc(Cl)n2)c1. The normalized spacial score (nSPS) is 10.3. The Kier molecular flexibility index (Phi) is 3.77. The Morgan fingerprint density at radius 2 is 1.84 bits per heavy atom. The molecule has 0 unspecified atom stereocenters. The van der Waals surface area contributed by atoms with E-state index < -0.39 is 4.92 Å². The summed E-state index contributed by atoms with van der Waals surface area (Å²) in [5.74, 6) is 0.00309. The zero-order valence-corrected chi connectivity index (χ0v) is 11.0. The van der Waals surface area contributed by atoms with Crippen LogP contribution in [-0.4, -0.2) is 19.9 Å². The smallest absolute Gasteiger partial charge is 0.327 e. The highest BCUT2D eigenvalue weighted by molar-refractivity contribution is 6.31. The van der Waals surface area contributed by atoms with Crippen molar-refractivity contribution in [1.29, 1.82) is 0 Å². The molecule has 1 aromatic heterocycles. The lowest BCUT2D eigenvalue weighted by Gasteiger charge is -2.05. The average molecular weight is 301 g/mol. The first-order valence-corrected chi connectivity index (χ1v) is 5.71.